The van der Waals surface area contributed by atoms with Gasteiger partial charge in [-0.2, -0.15) is 0 Å². The fraction of sp³-hybridized carbons (Fsp3) is 1.00. The van der Waals surface area contributed by atoms with Gasteiger partial charge in [-0.05, 0) is 6.42 Å². The van der Waals surface area contributed by atoms with Crippen LogP contribution in [0, 0.1) is 0 Å². The van der Waals surface area contributed by atoms with Crippen molar-refractivity contribution < 1.29 is 14.2 Å². The maximum absolute atomic E-state index is 10.9. The summed E-state index contributed by atoms with van der Waals surface area (Å²) in [6, 6.07) is 0. The second-order valence-electron chi connectivity index (χ2n) is 1.99. The summed E-state index contributed by atoms with van der Waals surface area (Å²) in [7, 11) is -2.63. The number of hydrogen-bond donors (Lipinski definition) is 1. The Morgan fingerprint density at radius 1 is 1.67 bits per heavy atom. The van der Waals surface area contributed by atoms with Crippen LogP contribution in [0.3, 0.4) is 0 Å². The van der Waals surface area contributed by atoms with Gasteiger partial charge in [-0.1, -0.05) is 6.92 Å². The molecule has 0 saturated carbocycles. The van der Waals surface area contributed by atoms with Crippen molar-refractivity contribution in [3.05, 3.63) is 0 Å². The molecule has 0 bridgehead atoms. The summed E-state index contributed by atoms with van der Waals surface area (Å²) >= 11 is 0. The first-order chi connectivity index (χ1) is 4.12. The van der Waals surface area contributed by atoms with Crippen molar-refractivity contribution in [3.63, 3.8) is 0 Å². The van der Waals surface area contributed by atoms with Gasteiger partial charge >= 0.3 is 0 Å². The highest BCUT2D eigenvalue weighted by Gasteiger charge is 2.11. The number of rotatable bonds is 4. The van der Waals surface area contributed by atoms with E-state index < -0.39 is 7.37 Å². The molecule has 1 N–H and O–H groups in total. The van der Waals surface area contributed by atoms with Crippen molar-refractivity contribution in [1.29, 1.82) is 0 Å². The Morgan fingerprint density at radius 3 is 2.56 bits per heavy atom. The van der Waals surface area contributed by atoms with Crippen molar-refractivity contribution >= 4 is 7.37 Å². The third-order valence-electron chi connectivity index (χ3n) is 0.825. The van der Waals surface area contributed by atoms with E-state index >= 15 is 0 Å². The van der Waals surface area contributed by atoms with E-state index in [1.165, 1.54) is 6.66 Å². The summed E-state index contributed by atoms with van der Waals surface area (Å²) in [6.45, 7) is 3.83. The highest BCUT2D eigenvalue weighted by molar-refractivity contribution is 7.57. The third-order valence-corrected chi connectivity index (χ3v) is 2.07. The first kappa shape index (κ1) is 9.15. The number of hydrogen-bond acceptors (Lipinski definition) is 3. The maximum atomic E-state index is 10.9. The Balaban J connectivity index is 3.46. The van der Waals surface area contributed by atoms with Gasteiger partial charge in [-0.3, -0.25) is 4.57 Å². The summed E-state index contributed by atoms with van der Waals surface area (Å²) in [5, 5.41) is 8.43. The standard InChI is InChI=1S/C5H13O3P/c1-3-4-8-9(2,7)5-6/h6H,3-5H2,1-2H3. The molecule has 0 rings (SSSR count). The first-order valence-corrected chi connectivity index (χ1v) is 5.20. The van der Waals surface area contributed by atoms with Gasteiger partial charge in [0, 0.05) is 6.66 Å². The van der Waals surface area contributed by atoms with Crippen LogP contribution in [0.4, 0.5) is 0 Å². The lowest BCUT2D eigenvalue weighted by molar-refractivity contribution is 0.276. The molecule has 0 radical (unpaired) electrons. The zero-order chi connectivity index (χ0) is 7.33. The molecule has 4 heteroatoms. The molecule has 56 valence electrons. The molecule has 0 aliphatic heterocycles. The van der Waals surface area contributed by atoms with Gasteiger partial charge in [-0.15, -0.1) is 0 Å². The first-order valence-electron chi connectivity index (χ1n) is 2.94. The fourth-order valence-electron chi connectivity index (χ4n) is 0.325. The van der Waals surface area contributed by atoms with Gasteiger partial charge in [-0.25, -0.2) is 0 Å². The van der Waals surface area contributed by atoms with Gasteiger partial charge in [0.1, 0.15) is 6.35 Å². The second-order valence-corrected chi connectivity index (χ2v) is 4.56. The Bertz CT molecular complexity index is 113. The average molecular weight is 152 g/mol. The van der Waals surface area contributed by atoms with E-state index in [4.69, 9.17) is 9.63 Å². The van der Waals surface area contributed by atoms with Crippen LogP contribution in [-0.4, -0.2) is 24.7 Å². The lowest BCUT2D eigenvalue weighted by Crippen LogP contribution is -1.93. The third kappa shape index (κ3) is 4.64. The van der Waals surface area contributed by atoms with E-state index in [1.807, 2.05) is 6.92 Å². The molecule has 0 spiro atoms. The molecule has 0 heterocycles. The number of aliphatic hydroxyl groups excluding tert-OH is 1. The summed E-state index contributed by atoms with van der Waals surface area (Å²) in [6.07, 6.45) is 0.477. The number of aliphatic hydroxyl groups is 1. The monoisotopic (exact) mass is 152 g/mol. The van der Waals surface area contributed by atoms with Crippen LogP contribution >= 0.6 is 7.37 Å². The minimum absolute atomic E-state index is 0.354. The molecule has 0 amide bonds. The Labute approximate surface area is 55.5 Å². The molecular weight excluding hydrogens is 139 g/mol. The molecule has 0 aliphatic rings. The van der Waals surface area contributed by atoms with Crippen LogP contribution in [0.1, 0.15) is 13.3 Å². The van der Waals surface area contributed by atoms with Crippen molar-refractivity contribution in [2.24, 2.45) is 0 Å². The summed E-state index contributed by atoms with van der Waals surface area (Å²) in [4.78, 5) is 0. The Morgan fingerprint density at radius 2 is 2.22 bits per heavy atom. The second kappa shape index (κ2) is 4.04. The average Bonchev–Trinajstić information content (AvgIpc) is 1.84. The van der Waals surface area contributed by atoms with Gasteiger partial charge in [0.15, 0.2) is 0 Å². The van der Waals surface area contributed by atoms with Crippen LogP contribution in [-0.2, 0) is 9.09 Å². The zero-order valence-corrected chi connectivity index (χ0v) is 6.73. The van der Waals surface area contributed by atoms with Gasteiger partial charge in [0.05, 0.1) is 6.61 Å². The SMILES string of the molecule is CCCOP(C)(=O)CO. The molecule has 0 aromatic carbocycles. The molecule has 0 aliphatic carbocycles. The van der Waals surface area contributed by atoms with Gasteiger partial charge in [0.25, 0.3) is 0 Å². The van der Waals surface area contributed by atoms with Crippen molar-refractivity contribution in [2.75, 3.05) is 19.6 Å². The van der Waals surface area contributed by atoms with E-state index in [1.54, 1.807) is 0 Å². The molecule has 1 atom stereocenters. The maximum Gasteiger partial charge on any atom is 0.224 e. The van der Waals surface area contributed by atoms with Crippen molar-refractivity contribution in [2.45, 2.75) is 13.3 Å². The zero-order valence-electron chi connectivity index (χ0n) is 5.83. The minimum Gasteiger partial charge on any atom is -0.386 e. The van der Waals surface area contributed by atoms with E-state index in [9.17, 15) is 4.57 Å². The highest BCUT2D eigenvalue weighted by atomic mass is 31.2. The van der Waals surface area contributed by atoms with Crippen molar-refractivity contribution in [3.8, 4) is 0 Å². The Hall–Kier alpha value is 0.150. The molecule has 0 aromatic rings. The highest BCUT2D eigenvalue weighted by Crippen LogP contribution is 2.40. The van der Waals surface area contributed by atoms with E-state index in [0.717, 1.165) is 6.42 Å². The van der Waals surface area contributed by atoms with Gasteiger partial charge < -0.3 is 9.63 Å². The van der Waals surface area contributed by atoms with Gasteiger partial charge in [0.2, 0.25) is 7.37 Å². The van der Waals surface area contributed by atoms with Crippen LogP contribution in [0.2, 0.25) is 0 Å². The summed E-state index contributed by atoms with van der Waals surface area (Å²) in [5.74, 6) is 0. The molecule has 9 heavy (non-hydrogen) atoms. The largest absolute Gasteiger partial charge is 0.386 e. The molecule has 0 aromatic heterocycles. The molecule has 3 nitrogen and oxygen atoms in total. The minimum atomic E-state index is -2.63. The predicted molar refractivity (Wildman–Crippen MR) is 36.9 cm³/mol. The van der Waals surface area contributed by atoms with E-state index in [2.05, 4.69) is 0 Å². The predicted octanol–water partition coefficient (Wildman–Crippen LogP) is 1.27. The summed E-state index contributed by atoms with van der Waals surface area (Å²) in [5.41, 5.74) is 0. The normalized spacial score (nSPS) is 17.2. The summed E-state index contributed by atoms with van der Waals surface area (Å²) < 4.78 is 15.7. The van der Waals surface area contributed by atoms with Crippen LogP contribution in [0.15, 0.2) is 0 Å². The smallest absolute Gasteiger partial charge is 0.224 e. The van der Waals surface area contributed by atoms with Crippen LogP contribution in [0.5, 0.6) is 0 Å². The molecule has 0 fully saturated rings. The molecular formula is C5H13O3P. The van der Waals surface area contributed by atoms with Crippen LogP contribution in [0.25, 0.3) is 0 Å². The lowest BCUT2D eigenvalue weighted by Gasteiger charge is -2.08. The van der Waals surface area contributed by atoms with Crippen LogP contribution < -0.4 is 0 Å². The van der Waals surface area contributed by atoms with Crippen molar-refractivity contribution in [1.82, 2.24) is 0 Å². The fourth-order valence-corrected chi connectivity index (χ4v) is 0.976. The van der Waals surface area contributed by atoms with E-state index in [0.29, 0.717) is 6.61 Å². The quantitative estimate of drug-likeness (QED) is 0.617. The molecule has 0 saturated heterocycles. The topological polar surface area (TPSA) is 46.5 Å². The Kier molecular flexibility index (Phi) is 4.11. The molecule has 1 unspecified atom stereocenters. The van der Waals surface area contributed by atoms with E-state index in [-0.39, 0.29) is 6.35 Å². The lowest BCUT2D eigenvalue weighted by atomic mass is 10.5.